The van der Waals surface area contributed by atoms with Gasteiger partial charge < -0.3 is 4.90 Å². The third kappa shape index (κ3) is 2.73. The highest BCUT2D eigenvalue weighted by atomic mass is 16.2. The van der Waals surface area contributed by atoms with E-state index in [1.165, 1.54) is 11.3 Å². The third-order valence-corrected chi connectivity index (χ3v) is 2.64. The Hall–Kier alpha value is -1.04. The van der Waals surface area contributed by atoms with Gasteiger partial charge in [0.05, 0.1) is 6.07 Å². The second kappa shape index (κ2) is 4.86. The highest BCUT2D eigenvalue weighted by molar-refractivity contribution is 5.78. The Morgan fingerprint density at radius 1 is 1.46 bits per heavy atom. The van der Waals surface area contributed by atoms with Crippen LogP contribution >= 0.6 is 0 Å². The first-order chi connectivity index (χ1) is 6.25. The van der Waals surface area contributed by atoms with Gasteiger partial charge in [-0.25, -0.2) is 0 Å². The predicted octanol–water partition coefficient (Wildman–Crippen LogP) is 1.55. The number of nitriles is 1. The maximum absolute atomic E-state index is 11.7. The molecule has 3 nitrogen and oxygen atoms in total. The van der Waals surface area contributed by atoms with E-state index < -0.39 is 0 Å². The fourth-order valence-electron chi connectivity index (χ4n) is 1.85. The van der Waals surface area contributed by atoms with Gasteiger partial charge in [-0.15, -0.1) is 0 Å². The van der Waals surface area contributed by atoms with Crippen LogP contribution in [0.15, 0.2) is 0 Å². The molecule has 0 aliphatic heterocycles. The summed E-state index contributed by atoms with van der Waals surface area (Å²) < 4.78 is 0. The van der Waals surface area contributed by atoms with E-state index in [4.69, 9.17) is 5.26 Å². The van der Waals surface area contributed by atoms with E-state index in [2.05, 4.69) is 0 Å². The lowest BCUT2D eigenvalue weighted by Gasteiger charge is -2.24. The molecule has 0 aromatic rings. The summed E-state index contributed by atoms with van der Waals surface area (Å²) in [5, 5.41) is 8.44. The predicted molar refractivity (Wildman–Crippen MR) is 49.8 cm³/mol. The van der Waals surface area contributed by atoms with Crippen molar-refractivity contribution < 1.29 is 4.79 Å². The van der Waals surface area contributed by atoms with Gasteiger partial charge in [0.2, 0.25) is 5.91 Å². The summed E-state index contributed by atoms with van der Waals surface area (Å²) in [6, 6.07) is 1.99. The van der Waals surface area contributed by atoms with Crippen LogP contribution in [-0.4, -0.2) is 24.4 Å². The molecule has 0 unspecified atom stereocenters. The van der Waals surface area contributed by atoms with Crippen molar-refractivity contribution in [2.75, 3.05) is 13.6 Å². The Morgan fingerprint density at radius 2 is 2.08 bits per heavy atom. The first kappa shape index (κ1) is 10.0. The van der Waals surface area contributed by atoms with Crippen LogP contribution in [0, 0.1) is 17.2 Å². The molecule has 1 amide bonds. The lowest BCUT2D eigenvalue weighted by atomic mass is 9.88. The normalized spacial score (nSPS) is 17.8. The lowest BCUT2D eigenvalue weighted by molar-refractivity contribution is -0.134. The average Bonchev–Trinajstić information content (AvgIpc) is 2.18. The number of hydrogen-bond donors (Lipinski definition) is 0. The highest BCUT2D eigenvalue weighted by Gasteiger charge is 2.23. The standard InChI is InChI=1S/C10H16N2O/c1-12(8-7-11)10(13)9-5-3-2-4-6-9/h9H,2-6,8H2,1H3. The third-order valence-electron chi connectivity index (χ3n) is 2.64. The number of carbonyl (C=O) groups excluding carboxylic acids is 1. The Balaban J connectivity index is 2.41. The molecular formula is C10H16N2O. The van der Waals surface area contributed by atoms with Gasteiger partial charge in [0, 0.05) is 13.0 Å². The SMILES string of the molecule is CN(CC#N)C(=O)C1CCCCC1. The van der Waals surface area contributed by atoms with Crippen molar-refractivity contribution >= 4 is 5.91 Å². The van der Waals surface area contributed by atoms with Gasteiger partial charge in [-0.1, -0.05) is 19.3 Å². The Morgan fingerprint density at radius 3 is 2.62 bits per heavy atom. The van der Waals surface area contributed by atoms with Crippen LogP contribution in [0.25, 0.3) is 0 Å². The molecule has 1 rings (SSSR count). The number of carbonyl (C=O) groups is 1. The van der Waals surface area contributed by atoms with Crippen molar-refractivity contribution in [2.45, 2.75) is 32.1 Å². The quantitative estimate of drug-likeness (QED) is 0.605. The van der Waals surface area contributed by atoms with Gasteiger partial charge in [0.1, 0.15) is 6.54 Å². The van der Waals surface area contributed by atoms with Crippen LogP contribution in [0.2, 0.25) is 0 Å². The molecule has 3 heteroatoms. The average molecular weight is 180 g/mol. The topological polar surface area (TPSA) is 44.1 Å². The van der Waals surface area contributed by atoms with E-state index in [-0.39, 0.29) is 18.4 Å². The molecule has 1 fully saturated rings. The van der Waals surface area contributed by atoms with Crippen molar-refractivity contribution in [1.29, 1.82) is 5.26 Å². The number of rotatable bonds is 2. The molecule has 0 aromatic heterocycles. The van der Waals surface area contributed by atoms with Crippen LogP contribution in [0.3, 0.4) is 0 Å². The van der Waals surface area contributed by atoms with Crippen molar-refractivity contribution in [1.82, 2.24) is 4.90 Å². The molecule has 1 saturated carbocycles. The van der Waals surface area contributed by atoms with Gasteiger partial charge >= 0.3 is 0 Å². The van der Waals surface area contributed by atoms with E-state index in [1.807, 2.05) is 6.07 Å². The summed E-state index contributed by atoms with van der Waals surface area (Å²) in [6.07, 6.45) is 5.60. The zero-order valence-corrected chi connectivity index (χ0v) is 8.12. The molecule has 0 radical (unpaired) electrons. The summed E-state index contributed by atoms with van der Waals surface area (Å²) in [5.74, 6) is 0.341. The summed E-state index contributed by atoms with van der Waals surface area (Å²) in [4.78, 5) is 13.2. The molecule has 1 aliphatic rings. The number of nitrogens with zero attached hydrogens (tertiary/aromatic N) is 2. The van der Waals surface area contributed by atoms with Crippen LogP contribution in [0.4, 0.5) is 0 Å². The molecule has 0 saturated heterocycles. The second-order valence-electron chi connectivity index (χ2n) is 3.69. The molecule has 0 bridgehead atoms. The first-order valence-electron chi connectivity index (χ1n) is 4.87. The van der Waals surface area contributed by atoms with Gasteiger partial charge in [-0.05, 0) is 12.8 Å². The number of hydrogen-bond acceptors (Lipinski definition) is 2. The van der Waals surface area contributed by atoms with Crippen molar-refractivity contribution in [3.8, 4) is 6.07 Å². The van der Waals surface area contributed by atoms with Crippen LogP contribution in [-0.2, 0) is 4.79 Å². The molecule has 0 N–H and O–H groups in total. The van der Waals surface area contributed by atoms with E-state index in [1.54, 1.807) is 7.05 Å². The Bertz CT molecular complexity index is 213. The zero-order valence-electron chi connectivity index (χ0n) is 8.12. The zero-order chi connectivity index (χ0) is 9.68. The minimum atomic E-state index is 0.154. The van der Waals surface area contributed by atoms with E-state index in [0.29, 0.717) is 0 Å². The number of amides is 1. The van der Waals surface area contributed by atoms with Gasteiger partial charge in [0.25, 0.3) is 0 Å². The minimum absolute atomic E-state index is 0.154. The molecule has 13 heavy (non-hydrogen) atoms. The first-order valence-corrected chi connectivity index (χ1v) is 4.87. The van der Waals surface area contributed by atoms with E-state index in [9.17, 15) is 4.79 Å². The van der Waals surface area contributed by atoms with E-state index >= 15 is 0 Å². The second-order valence-corrected chi connectivity index (χ2v) is 3.69. The lowest BCUT2D eigenvalue weighted by Crippen LogP contribution is -2.34. The molecule has 0 atom stereocenters. The summed E-state index contributed by atoms with van der Waals surface area (Å²) in [7, 11) is 1.71. The molecule has 72 valence electrons. The van der Waals surface area contributed by atoms with Gasteiger partial charge in [-0.2, -0.15) is 5.26 Å². The van der Waals surface area contributed by atoms with Crippen molar-refractivity contribution in [3.63, 3.8) is 0 Å². The largest absolute Gasteiger partial charge is 0.332 e. The van der Waals surface area contributed by atoms with Crippen LogP contribution < -0.4 is 0 Å². The van der Waals surface area contributed by atoms with Gasteiger partial charge in [0.15, 0.2) is 0 Å². The smallest absolute Gasteiger partial charge is 0.226 e. The highest BCUT2D eigenvalue weighted by Crippen LogP contribution is 2.24. The van der Waals surface area contributed by atoms with E-state index in [0.717, 1.165) is 25.7 Å². The maximum atomic E-state index is 11.7. The summed E-state index contributed by atoms with van der Waals surface area (Å²) in [5.41, 5.74) is 0. The Labute approximate surface area is 79.3 Å². The Kier molecular flexibility index (Phi) is 3.75. The van der Waals surface area contributed by atoms with Crippen molar-refractivity contribution in [2.24, 2.45) is 5.92 Å². The molecule has 1 aliphatic carbocycles. The summed E-state index contributed by atoms with van der Waals surface area (Å²) in [6.45, 7) is 0.218. The summed E-state index contributed by atoms with van der Waals surface area (Å²) >= 11 is 0. The molecule has 0 aromatic carbocycles. The van der Waals surface area contributed by atoms with Crippen molar-refractivity contribution in [3.05, 3.63) is 0 Å². The molecular weight excluding hydrogens is 164 g/mol. The minimum Gasteiger partial charge on any atom is -0.332 e. The fourth-order valence-corrected chi connectivity index (χ4v) is 1.85. The monoisotopic (exact) mass is 180 g/mol. The fraction of sp³-hybridized carbons (Fsp3) is 0.800. The molecule has 0 spiro atoms. The maximum Gasteiger partial charge on any atom is 0.226 e. The van der Waals surface area contributed by atoms with Crippen LogP contribution in [0.1, 0.15) is 32.1 Å². The van der Waals surface area contributed by atoms with Crippen LogP contribution in [0.5, 0.6) is 0 Å². The molecule has 0 heterocycles. The van der Waals surface area contributed by atoms with Gasteiger partial charge in [-0.3, -0.25) is 4.79 Å².